The molecule has 0 spiro atoms. The van der Waals surface area contributed by atoms with Crippen molar-refractivity contribution in [2.24, 2.45) is 5.92 Å². The van der Waals surface area contributed by atoms with Gasteiger partial charge in [0.2, 0.25) is 14.1 Å². The van der Waals surface area contributed by atoms with Gasteiger partial charge in [0.25, 0.3) is 0 Å². The number of hydrogen-bond acceptors (Lipinski definition) is 8. The molecule has 8 nitrogen and oxygen atoms in total. The normalized spacial score (nSPS) is 31.1. The highest BCUT2D eigenvalue weighted by Gasteiger charge is 2.64. The van der Waals surface area contributed by atoms with E-state index in [2.05, 4.69) is 83.1 Å². The second kappa shape index (κ2) is 13.7. The van der Waals surface area contributed by atoms with Gasteiger partial charge in [-0.3, -0.25) is 4.79 Å². The number of allylic oxidation sites excluding steroid dienone is 1. The number of ether oxygens (including phenoxy) is 4. The average molecular weight is 689 g/mol. The summed E-state index contributed by atoms with van der Waals surface area (Å²) in [6.45, 7) is 28.2. The first-order valence-corrected chi connectivity index (χ1v) is 21.7. The zero-order valence-electron chi connectivity index (χ0n) is 30.8. The molecule has 2 bridgehead atoms. The Hall–Kier alpha value is -1.38. The molecule has 0 saturated carbocycles. The summed E-state index contributed by atoms with van der Waals surface area (Å²) < 4.78 is 46.7. The summed E-state index contributed by atoms with van der Waals surface area (Å²) in [5.74, 6) is -0.224. The van der Waals surface area contributed by atoms with Crippen LogP contribution in [0.1, 0.15) is 95.1 Å². The molecule has 5 rings (SSSR count). The van der Waals surface area contributed by atoms with Gasteiger partial charge in [-0.05, 0) is 34.7 Å². The van der Waals surface area contributed by atoms with Gasteiger partial charge in [-0.2, -0.15) is 0 Å². The lowest BCUT2D eigenvalue weighted by Crippen LogP contribution is -2.68. The van der Waals surface area contributed by atoms with Crippen molar-refractivity contribution in [2.75, 3.05) is 13.2 Å². The highest BCUT2D eigenvalue weighted by molar-refractivity contribution is 6.77. The summed E-state index contributed by atoms with van der Waals surface area (Å²) in [6.07, 6.45) is -0.0154. The Morgan fingerprint density at radius 2 is 1.53 bits per heavy atom. The van der Waals surface area contributed by atoms with Crippen LogP contribution in [-0.2, 0) is 43.6 Å². The first-order chi connectivity index (χ1) is 21.9. The molecule has 264 valence electrons. The molecule has 10 heteroatoms. The standard InChI is InChI=1S/C37H60O8Si2/c1-23(2)46(24(3)4,25(5)6)44-29-19-28(42-32-22-41-47(36(7,8)9,37(10,11)12)45-34(29)32)33(38)27-18-30(35-40-21-31(27)43-35)39-20-26-16-14-13-15-17-26/h13-17,19,23-25,27,29-32,34-35H,18,20-22H2,1-12H3/t27-,29+,30+,31+,32+,34-,35+/m0/s1. The summed E-state index contributed by atoms with van der Waals surface area (Å²) in [5.41, 5.74) is 2.16. The molecule has 0 unspecified atom stereocenters. The van der Waals surface area contributed by atoms with E-state index in [0.29, 0.717) is 48.6 Å². The molecule has 7 atom stereocenters. The van der Waals surface area contributed by atoms with Crippen molar-refractivity contribution in [1.29, 1.82) is 0 Å². The molecule has 1 aromatic carbocycles. The van der Waals surface area contributed by atoms with Gasteiger partial charge in [0.1, 0.15) is 18.3 Å². The number of carbonyl (C=O) groups excluding carboxylic acids is 1. The largest absolute Gasteiger partial charge is 0.482 e. The van der Waals surface area contributed by atoms with Crippen LogP contribution in [0.2, 0.25) is 26.7 Å². The molecule has 1 aromatic rings. The van der Waals surface area contributed by atoms with Crippen LogP contribution < -0.4 is 0 Å². The van der Waals surface area contributed by atoms with Crippen LogP contribution in [0.25, 0.3) is 0 Å². The number of carbonyl (C=O) groups is 1. The summed E-state index contributed by atoms with van der Waals surface area (Å²) in [5, 5.41) is -0.396. The first kappa shape index (κ1) is 36.9. The van der Waals surface area contributed by atoms with E-state index in [1.807, 2.05) is 36.4 Å². The molecule has 0 aromatic heterocycles. The van der Waals surface area contributed by atoms with Crippen LogP contribution in [0, 0.1) is 5.92 Å². The third-order valence-electron chi connectivity index (χ3n) is 10.9. The molecular weight excluding hydrogens is 629 g/mol. The second-order valence-electron chi connectivity index (χ2n) is 17.0. The van der Waals surface area contributed by atoms with E-state index in [-0.39, 0.29) is 34.2 Å². The van der Waals surface area contributed by atoms with Gasteiger partial charge in [-0.1, -0.05) is 113 Å². The van der Waals surface area contributed by atoms with Crippen LogP contribution in [0.3, 0.4) is 0 Å². The smallest absolute Gasteiger partial charge is 0.349 e. The number of Topliss-reactive ketones (excluding diaryl/α,β-unsaturated/α-hetero) is 1. The summed E-state index contributed by atoms with van der Waals surface area (Å²) in [6, 6.07) is 10.0. The van der Waals surface area contributed by atoms with Crippen molar-refractivity contribution < 1.29 is 37.0 Å². The van der Waals surface area contributed by atoms with Gasteiger partial charge in [0, 0.05) is 10.1 Å². The highest BCUT2D eigenvalue weighted by Crippen LogP contribution is 2.56. The Labute approximate surface area is 285 Å². The van der Waals surface area contributed by atoms with Crippen molar-refractivity contribution in [3.8, 4) is 0 Å². The van der Waals surface area contributed by atoms with E-state index in [9.17, 15) is 4.79 Å². The lowest BCUT2D eigenvalue weighted by Gasteiger charge is -2.57. The van der Waals surface area contributed by atoms with Crippen LogP contribution in [0.4, 0.5) is 0 Å². The number of ketones is 1. The van der Waals surface area contributed by atoms with E-state index in [1.54, 1.807) is 0 Å². The average Bonchev–Trinajstić information content (AvgIpc) is 3.41. The van der Waals surface area contributed by atoms with Crippen molar-refractivity contribution >= 4 is 22.7 Å². The summed E-state index contributed by atoms with van der Waals surface area (Å²) in [7, 11) is -5.23. The Bertz CT molecular complexity index is 1230. The van der Waals surface area contributed by atoms with Crippen molar-refractivity contribution in [2.45, 2.75) is 160 Å². The zero-order valence-corrected chi connectivity index (χ0v) is 32.8. The number of rotatable bonds is 10. The zero-order chi connectivity index (χ0) is 34.5. The van der Waals surface area contributed by atoms with Gasteiger partial charge in [0.05, 0.1) is 37.9 Å². The van der Waals surface area contributed by atoms with E-state index in [1.165, 1.54) is 0 Å². The fraction of sp³-hybridized carbons (Fsp3) is 0.757. The fourth-order valence-corrected chi connectivity index (χ4v) is 19.4. The predicted molar refractivity (Wildman–Crippen MR) is 188 cm³/mol. The van der Waals surface area contributed by atoms with Gasteiger partial charge >= 0.3 is 8.56 Å². The number of benzene rings is 1. The Kier molecular flexibility index (Phi) is 10.8. The molecule has 4 aliphatic heterocycles. The summed E-state index contributed by atoms with van der Waals surface area (Å²) >= 11 is 0. The van der Waals surface area contributed by atoms with Gasteiger partial charge in [0.15, 0.2) is 12.0 Å². The quantitative estimate of drug-likeness (QED) is 0.228. The molecule has 0 N–H and O–H groups in total. The molecule has 0 amide bonds. The molecule has 3 fully saturated rings. The third kappa shape index (κ3) is 6.87. The maximum absolute atomic E-state index is 14.5. The van der Waals surface area contributed by atoms with Crippen molar-refractivity contribution in [1.82, 2.24) is 0 Å². The molecule has 47 heavy (non-hydrogen) atoms. The maximum atomic E-state index is 14.5. The SMILES string of the molecule is CC(C)[Si](O[C@@H]1C=C(C(=O)[C@H]2C[C@@H](OCc3ccccc3)[C@@H]3OC[C@H]2O3)O[C@@H]2CO[Si](C(C)(C)C)(C(C)(C)C)O[C@@H]12)(C(C)C)C(C)C. The molecule has 0 radical (unpaired) electrons. The van der Waals surface area contributed by atoms with E-state index >= 15 is 0 Å². The van der Waals surface area contributed by atoms with Gasteiger partial charge in [-0.15, -0.1) is 0 Å². The molecular formula is C37H60O8Si2. The minimum Gasteiger partial charge on any atom is -0.482 e. The van der Waals surface area contributed by atoms with Gasteiger partial charge < -0.3 is 32.2 Å². The maximum Gasteiger partial charge on any atom is 0.349 e. The minimum absolute atomic E-state index is 0.0917. The Morgan fingerprint density at radius 1 is 0.915 bits per heavy atom. The Balaban J connectivity index is 1.48. The predicted octanol–water partition coefficient (Wildman–Crippen LogP) is 8.20. The lowest BCUT2D eigenvalue weighted by atomic mass is 9.87. The second-order valence-corrected chi connectivity index (χ2v) is 27.2. The van der Waals surface area contributed by atoms with Crippen LogP contribution in [-0.4, -0.2) is 72.7 Å². The molecule has 4 heterocycles. The number of hydrogen-bond donors (Lipinski definition) is 0. The van der Waals surface area contributed by atoms with E-state index in [4.69, 9.17) is 32.2 Å². The topological polar surface area (TPSA) is 81.7 Å². The number of fused-ring (bicyclic) bond motifs is 3. The lowest BCUT2D eigenvalue weighted by molar-refractivity contribution is -0.192. The highest BCUT2D eigenvalue weighted by atomic mass is 28.4. The first-order valence-electron chi connectivity index (χ1n) is 17.8. The Morgan fingerprint density at radius 3 is 2.11 bits per heavy atom. The van der Waals surface area contributed by atoms with Gasteiger partial charge in [-0.25, -0.2) is 0 Å². The molecule has 4 aliphatic rings. The fourth-order valence-electron chi connectivity index (χ4n) is 8.96. The molecule has 3 saturated heterocycles. The van der Waals surface area contributed by atoms with E-state index < -0.39 is 41.3 Å². The minimum atomic E-state index is -2.84. The van der Waals surface area contributed by atoms with Crippen LogP contribution in [0.15, 0.2) is 42.2 Å². The van der Waals surface area contributed by atoms with Crippen LogP contribution in [0.5, 0.6) is 0 Å². The monoisotopic (exact) mass is 688 g/mol. The van der Waals surface area contributed by atoms with Crippen LogP contribution >= 0.6 is 0 Å². The van der Waals surface area contributed by atoms with Crippen molar-refractivity contribution in [3.05, 3.63) is 47.7 Å². The summed E-state index contributed by atoms with van der Waals surface area (Å²) in [4.78, 5) is 14.5. The molecule has 0 aliphatic carbocycles. The third-order valence-corrected chi connectivity index (χ3v) is 22.1. The van der Waals surface area contributed by atoms with Crippen molar-refractivity contribution in [3.63, 3.8) is 0 Å². The van der Waals surface area contributed by atoms with E-state index in [0.717, 1.165) is 5.56 Å².